The summed E-state index contributed by atoms with van der Waals surface area (Å²) in [4.78, 5) is 1.84. The zero-order chi connectivity index (χ0) is 11.4. The largest absolute Gasteiger partial charge is 0.496 e. The van der Waals surface area contributed by atoms with Gasteiger partial charge < -0.3 is 9.47 Å². The van der Waals surface area contributed by atoms with Gasteiger partial charge in [-0.25, -0.2) is 4.39 Å². The van der Waals surface area contributed by atoms with Crippen molar-refractivity contribution >= 4 is 0 Å². The Hall–Kier alpha value is -1.13. The molecule has 1 rings (SSSR count). The van der Waals surface area contributed by atoms with Crippen molar-refractivity contribution in [3.05, 3.63) is 29.6 Å². The summed E-state index contributed by atoms with van der Waals surface area (Å²) in [6.07, 6.45) is -0.310. The van der Waals surface area contributed by atoms with Crippen LogP contribution in [0.5, 0.6) is 5.75 Å². The van der Waals surface area contributed by atoms with Gasteiger partial charge in [0.25, 0.3) is 0 Å². The van der Waals surface area contributed by atoms with Crippen LogP contribution >= 0.6 is 0 Å². The van der Waals surface area contributed by atoms with Gasteiger partial charge in [-0.2, -0.15) is 0 Å². The first-order valence-corrected chi connectivity index (χ1v) is 4.62. The summed E-state index contributed by atoms with van der Waals surface area (Å²) in [6.45, 7) is 0. The van der Waals surface area contributed by atoms with E-state index in [0.29, 0.717) is 11.3 Å². The molecule has 0 N–H and O–H groups in total. The maximum atomic E-state index is 13.1. The lowest BCUT2D eigenvalue weighted by Crippen LogP contribution is -2.22. The Morgan fingerprint density at radius 3 is 2.40 bits per heavy atom. The minimum Gasteiger partial charge on any atom is -0.496 e. The standard InChI is InChI=1S/C11H16FNO2/c1-13(2)11(15-4)9-7-8(12)5-6-10(9)14-3/h5-7,11H,1-4H3. The van der Waals surface area contributed by atoms with Crippen molar-refractivity contribution in [2.24, 2.45) is 0 Å². The quantitative estimate of drug-likeness (QED) is 0.714. The lowest BCUT2D eigenvalue weighted by atomic mass is 10.1. The van der Waals surface area contributed by atoms with Gasteiger partial charge in [-0.05, 0) is 32.3 Å². The third-order valence-corrected chi connectivity index (χ3v) is 2.15. The number of benzene rings is 1. The molecule has 0 fully saturated rings. The van der Waals surface area contributed by atoms with E-state index in [0.717, 1.165) is 0 Å². The van der Waals surface area contributed by atoms with Crippen LogP contribution in [0.1, 0.15) is 11.8 Å². The third kappa shape index (κ3) is 2.67. The molecular weight excluding hydrogens is 197 g/mol. The van der Waals surface area contributed by atoms with Crippen LogP contribution in [-0.4, -0.2) is 33.2 Å². The van der Waals surface area contributed by atoms with Crippen molar-refractivity contribution in [1.29, 1.82) is 0 Å². The Bertz CT molecular complexity index is 328. The molecule has 0 bridgehead atoms. The summed E-state index contributed by atoms with van der Waals surface area (Å²) in [7, 11) is 6.85. The summed E-state index contributed by atoms with van der Waals surface area (Å²) < 4.78 is 23.5. The van der Waals surface area contributed by atoms with Crippen molar-refractivity contribution in [2.45, 2.75) is 6.23 Å². The molecule has 3 nitrogen and oxygen atoms in total. The molecule has 0 radical (unpaired) electrons. The summed E-state index contributed by atoms with van der Waals surface area (Å²) in [5.41, 5.74) is 0.685. The molecule has 1 atom stereocenters. The smallest absolute Gasteiger partial charge is 0.139 e. The van der Waals surface area contributed by atoms with Crippen molar-refractivity contribution in [3.8, 4) is 5.75 Å². The van der Waals surface area contributed by atoms with E-state index in [4.69, 9.17) is 9.47 Å². The van der Waals surface area contributed by atoms with E-state index in [1.165, 1.54) is 12.1 Å². The lowest BCUT2D eigenvalue weighted by Gasteiger charge is -2.24. The highest BCUT2D eigenvalue weighted by Gasteiger charge is 2.18. The molecule has 1 aromatic carbocycles. The molecule has 4 heteroatoms. The van der Waals surface area contributed by atoms with Crippen molar-refractivity contribution in [1.82, 2.24) is 4.90 Å². The predicted octanol–water partition coefficient (Wildman–Crippen LogP) is 2.04. The van der Waals surface area contributed by atoms with Crippen LogP contribution in [0.25, 0.3) is 0 Å². The number of methoxy groups -OCH3 is 2. The fourth-order valence-corrected chi connectivity index (χ4v) is 1.51. The molecule has 0 amide bonds. The van der Waals surface area contributed by atoms with E-state index in [-0.39, 0.29) is 12.0 Å². The summed E-state index contributed by atoms with van der Waals surface area (Å²) in [5, 5.41) is 0. The van der Waals surface area contributed by atoms with Crippen LogP contribution in [0.2, 0.25) is 0 Å². The van der Waals surface area contributed by atoms with E-state index < -0.39 is 0 Å². The second-order valence-corrected chi connectivity index (χ2v) is 3.44. The van der Waals surface area contributed by atoms with Gasteiger partial charge in [-0.3, -0.25) is 4.90 Å². The Balaban J connectivity index is 3.13. The van der Waals surface area contributed by atoms with Crippen LogP contribution in [0, 0.1) is 5.82 Å². The normalized spacial score (nSPS) is 12.9. The highest BCUT2D eigenvalue weighted by molar-refractivity contribution is 5.35. The van der Waals surface area contributed by atoms with E-state index in [1.807, 2.05) is 19.0 Å². The molecule has 84 valence electrons. The molecule has 0 saturated carbocycles. The predicted molar refractivity (Wildman–Crippen MR) is 56.4 cm³/mol. The van der Waals surface area contributed by atoms with Gasteiger partial charge in [0.15, 0.2) is 0 Å². The average Bonchev–Trinajstić information content (AvgIpc) is 2.18. The Morgan fingerprint density at radius 2 is 1.93 bits per heavy atom. The molecule has 1 aromatic rings. The molecular formula is C11H16FNO2. The van der Waals surface area contributed by atoms with Crippen molar-refractivity contribution in [2.75, 3.05) is 28.3 Å². The Morgan fingerprint density at radius 1 is 1.27 bits per heavy atom. The number of ether oxygens (including phenoxy) is 2. The molecule has 0 aliphatic carbocycles. The topological polar surface area (TPSA) is 21.7 Å². The second-order valence-electron chi connectivity index (χ2n) is 3.44. The first kappa shape index (κ1) is 11.9. The molecule has 0 heterocycles. The van der Waals surface area contributed by atoms with Crippen LogP contribution in [-0.2, 0) is 4.74 Å². The Labute approximate surface area is 89.4 Å². The van der Waals surface area contributed by atoms with Gasteiger partial charge in [-0.1, -0.05) is 0 Å². The van der Waals surface area contributed by atoms with E-state index in [9.17, 15) is 4.39 Å². The molecule has 15 heavy (non-hydrogen) atoms. The van der Waals surface area contributed by atoms with Gasteiger partial charge in [0.05, 0.1) is 7.11 Å². The van der Waals surface area contributed by atoms with Crippen LogP contribution in [0.15, 0.2) is 18.2 Å². The van der Waals surface area contributed by atoms with Crippen LogP contribution in [0.3, 0.4) is 0 Å². The van der Waals surface area contributed by atoms with Crippen molar-refractivity contribution in [3.63, 3.8) is 0 Å². The van der Waals surface area contributed by atoms with Gasteiger partial charge >= 0.3 is 0 Å². The van der Waals surface area contributed by atoms with Crippen LogP contribution < -0.4 is 4.74 Å². The van der Waals surface area contributed by atoms with Gasteiger partial charge in [0.2, 0.25) is 0 Å². The minimum absolute atomic E-state index is 0.297. The summed E-state index contributed by atoms with van der Waals surface area (Å²) >= 11 is 0. The van der Waals surface area contributed by atoms with Crippen molar-refractivity contribution < 1.29 is 13.9 Å². The first-order valence-electron chi connectivity index (χ1n) is 4.62. The van der Waals surface area contributed by atoms with Gasteiger partial charge in [-0.15, -0.1) is 0 Å². The zero-order valence-electron chi connectivity index (χ0n) is 9.45. The molecule has 1 unspecified atom stereocenters. The Kier molecular flexibility index (Phi) is 4.05. The first-order chi connectivity index (χ1) is 7.10. The molecule has 0 spiro atoms. The van der Waals surface area contributed by atoms with Gasteiger partial charge in [0, 0.05) is 12.7 Å². The number of halogens is 1. The van der Waals surface area contributed by atoms with Gasteiger partial charge in [0.1, 0.15) is 17.8 Å². The monoisotopic (exact) mass is 213 g/mol. The number of rotatable bonds is 4. The maximum Gasteiger partial charge on any atom is 0.139 e. The average molecular weight is 213 g/mol. The second kappa shape index (κ2) is 5.09. The van der Waals surface area contributed by atoms with E-state index >= 15 is 0 Å². The fraction of sp³-hybridized carbons (Fsp3) is 0.455. The molecule has 0 aromatic heterocycles. The summed E-state index contributed by atoms with van der Waals surface area (Å²) in [6, 6.07) is 4.39. The lowest BCUT2D eigenvalue weighted by molar-refractivity contribution is -0.00714. The highest BCUT2D eigenvalue weighted by atomic mass is 19.1. The maximum absolute atomic E-state index is 13.1. The number of hydrogen-bond acceptors (Lipinski definition) is 3. The SMILES string of the molecule is COc1ccc(F)cc1C(OC)N(C)C. The molecule has 0 aliphatic rings. The highest BCUT2D eigenvalue weighted by Crippen LogP contribution is 2.29. The van der Waals surface area contributed by atoms with Crippen LogP contribution in [0.4, 0.5) is 4.39 Å². The number of hydrogen-bond donors (Lipinski definition) is 0. The molecule has 0 saturated heterocycles. The number of nitrogens with zero attached hydrogens (tertiary/aromatic N) is 1. The third-order valence-electron chi connectivity index (χ3n) is 2.15. The zero-order valence-corrected chi connectivity index (χ0v) is 9.45. The van der Waals surface area contributed by atoms with E-state index in [2.05, 4.69) is 0 Å². The fourth-order valence-electron chi connectivity index (χ4n) is 1.51. The minimum atomic E-state index is -0.310. The summed E-state index contributed by atoms with van der Waals surface area (Å²) in [5.74, 6) is 0.326. The van der Waals surface area contributed by atoms with E-state index in [1.54, 1.807) is 20.3 Å². The molecule has 0 aliphatic heterocycles.